The second kappa shape index (κ2) is 5.46. The van der Waals surface area contributed by atoms with Crippen molar-refractivity contribution in [1.82, 2.24) is 5.32 Å². The lowest BCUT2D eigenvalue weighted by molar-refractivity contribution is -0.123. The summed E-state index contributed by atoms with van der Waals surface area (Å²) >= 11 is 0. The normalized spacial score (nSPS) is 36.3. The van der Waals surface area contributed by atoms with E-state index in [4.69, 9.17) is 0 Å². The molecule has 0 aromatic heterocycles. The maximum Gasteiger partial charge on any atom is 0.223 e. The smallest absolute Gasteiger partial charge is 0.223 e. The molecule has 100 valence electrons. The highest BCUT2D eigenvalue weighted by molar-refractivity contribution is 5.82. The summed E-state index contributed by atoms with van der Waals surface area (Å²) in [6.45, 7) is 0. The largest absolute Gasteiger partial charge is 0.353 e. The summed E-state index contributed by atoms with van der Waals surface area (Å²) in [5.41, 5.74) is 0. The molecule has 1 amide bonds. The zero-order valence-corrected chi connectivity index (χ0v) is 11.2. The molecule has 18 heavy (non-hydrogen) atoms. The van der Waals surface area contributed by atoms with Crippen LogP contribution in [0.25, 0.3) is 0 Å². The van der Waals surface area contributed by atoms with E-state index in [2.05, 4.69) is 17.5 Å². The molecule has 0 radical (unpaired) electrons. The first-order chi connectivity index (χ1) is 8.86. The number of carbonyl (C=O) groups excluding carboxylic acids is 1. The Morgan fingerprint density at radius 3 is 2.11 bits per heavy atom. The molecule has 2 heteroatoms. The van der Waals surface area contributed by atoms with Gasteiger partial charge in [0.2, 0.25) is 5.91 Å². The predicted octanol–water partition coefficient (Wildman–Crippen LogP) is 3.43. The molecule has 0 saturated heterocycles. The molecule has 2 unspecified atom stereocenters. The lowest BCUT2D eigenvalue weighted by Crippen LogP contribution is -2.37. The zero-order valence-electron chi connectivity index (χ0n) is 11.2. The molecule has 3 rings (SSSR count). The highest BCUT2D eigenvalue weighted by Gasteiger charge is 2.53. The highest BCUT2D eigenvalue weighted by atomic mass is 16.2. The Morgan fingerprint density at radius 2 is 1.50 bits per heavy atom. The molecule has 0 bridgehead atoms. The van der Waals surface area contributed by atoms with Crippen LogP contribution in [-0.4, -0.2) is 11.9 Å². The van der Waals surface area contributed by atoms with Crippen molar-refractivity contribution in [3.63, 3.8) is 0 Å². The van der Waals surface area contributed by atoms with Crippen molar-refractivity contribution in [2.45, 2.75) is 63.8 Å². The number of amides is 1. The van der Waals surface area contributed by atoms with E-state index in [1.807, 2.05) is 0 Å². The van der Waals surface area contributed by atoms with Crippen molar-refractivity contribution >= 4 is 5.91 Å². The number of carbonyl (C=O) groups is 1. The van der Waals surface area contributed by atoms with Crippen LogP contribution < -0.4 is 5.32 Å². The Balaban J connectivity index is 1.51. The second-order valence-electron chi connectivity index (χ2n) is 6.32. The van der Waals surface area contributed by atoms with E-state index in [9.17, 15) is 4.79 Å². The summed E-state index contributed by atoms with van der Waals surface area (Å²) in [5.74, 6) is 2.11. The molecule has 2 saturated carbocycles. The van der Waals surface area contributed by atoms with Crippen molar-refractivity contribution in [2.75, 3.05) is 0 Å². The van der Waals surface area contributed by atoms with E-state index in [1.165, 1.54) is 57.8 Å². The van der Waals surface area contributed by atoms with Gasteiger partial charge >= 0.3 is 0 Å². The quantitative estimate of drug-likeness (QED) is 0.744. The SMILES string of the molecule is O=C(NC1CCCCC1)C1C2CCC=CCCC21. The summed E-state index contributed by atoms with van der Waals surface area (Å²) in [4.78, 5) is 12.3. The van der Waals surface area contributed by atoms with Crippen LogP contribution >= 0.6 is 0 Å². The van der Waals surface area contributed by atoms with Gasteiger partial charge in [-0.2, -0.15) is 0 Å². The summed E-state index contributed by atoms with van der Waals surface area (Å²) in [6, 6.07) is 0.483. The van der Waals surface area contributed by atoms with Crippen molar-refractivity contribution in [3.8, 4) is 0 Å². The Hall–Kier alpha value is -0.790. The monoisotopic (exact) mass is 247 g/mol. The molecule has 2 fully saturated rings. The van der Waals surface area contributed by atoms with Crippen molar-refractivity contribution in [3.05, 3.63) is 12.2 Å². The summed E-state index contributed by atoms with van der Waals surface area (Å²) in [7, 11) is 0. The molecule has 0 spiro atoms. The first-order valence-electron chi connectivity index (χ1n) is 7.81. The van der Waals surface area contributed by atoms with Gasteiger partial charge in [-0.05, 0) is 50.4 Å². The molecule has 3 aliphatic rings. The van der Waals surface area contributed by atoms with Gasteiger partial charge in [-0.3, -0.25) is 4.79 Å². The van der Waals surface area contributed by atoms with Gasteiger partial charge < -0.3 is 5.32 Å². The van der Waals surface area contributed by atoms with Crippen LogP contribution in [0, 0.1) is 17.8 Å². The Morgan fingerprint density at radius 1 is 0.889 bits per heavy atom. The van der Waals surface area contributed by atoms with Crippen LogP contribution in [0.2, 0.25) is 0 Å². The van der Waals surface area contributed by atoms with Gasteiger partial charge in [-0.15, -0.1) is 0 Å². The van der Waals surface area contributed by atoms with Gasteiger partial charge in [-0.1, -0.05) is 31.4 Å². The van der Waals surface area contributed by atoms with Crippen molar-refractivity contribution in [1.29, 1.82) is 0 Å². The van der Waals surface area contributed by atoms with Crippen molar-refractivity contribution < 1.29 is 4.79 Å². The third-order valence-corrected chi connectivity index (χ3v) is 5.09. The van der Waals surface area contributed by atoms with Crippen LogP contribution in [0.15, 0.2) is 12.2 Å². The van der Waals surface area contributed by atoms with Gasteiger partial charge in [0.15, 0.2) is 0 Å². The fourth-order valence-corrected chi connectivity index (χ4v) is 3.98. The van der Waals surface area contributed by atoms with Gasteiger partial charge in [0.05, 0.1) is 0 Å². The summed E-state index contributed by atoms with van der Waals surface area (Å²) in [5, 5.41) is 3.32. The molecule has 2 nitrogen and oxygen atoms in total. The predicted molar refractivity (Wildman–Crippen MR) is 73.1 cm³/mol. The minimum Gasteiger partial charge on any atom is -0.353 e. The van der Waals surface area contributed by atoms with Gasteiger partial charge in [0.25, 0.3) is 0 Å². The van der Waals surface area contributed by atoms with E-state index in [-0.39, 0.29) is 0 Å². The first kappa shape index (κ1) is 12.3. The minimum absolute atomic E-state index is 0.354. The number of rotatable bonds is 2. The van der Waals surface area contributed by atoms with E-state index < -0.39 is 0 Å². The van der Waals surface area contributed by atoms with Crippen molar-refractivity contribution in [2.24, 2.45) is 17.8 Å². The van der Waals surface area contributed by atoms with Gasteiger partial charge in [-0.25, -0.2) is 0 Å². The van der Waals surface area contributed by atoms with Crippen LogP contribution in [0.3, 0.4) is 0 Å². The molecule has 0 aromatic carbocycles. The van der Waals surface area contributed by atoms with Crippen LogP contribution in [0.5, 0.6) is 0 Å². The number of fused-ring (bicyclic) bond motifs is 1. The van der Waals surface area contributed by atoms with E-state index in [0.29, 0.717) is 29.7 Å². The standard InChI is InChI=1S/C16H25NO/c18-16(17-12-8-4-3-5-9-12)15-13-10-6-1-2-7-11-14(13)15/h1-2,12-15H,3-11H2,(H,17,18). The molecule has 0 aliphatic heterocycles. The number of hydrogen-bond acceptors (Lipinski definition) is 1. The maximum absolute atomic E-state index is 12.3. The molecule has 1 N–H and O–H groups in total. The fourth-order valence-electron chi connectivity index (χ4n) is 3.98. The Bertz CT molecular complexity index is 314. The number of allylic oxidation sites excluding steroid dienone is 2. The topological polar surface area (TPSA) is 29.1 Å². The molecule has 3 aliphatic carbocycles. The van der Waals surface area contributed by atoms with E-state index in [1.54, 1.807) is 0 Å². The average molecular weight is 247 g/mol. The Labute approximate surface area is 110 Å². The second-order valence-corrected chi connectivity index (χ2v) is 6.32. The third kappa shape index (κ3) is 2.62. The van der Waals surface area contributed by atoms with Crippen LogP contribution in [0.1, 0.15) is 57.8 Å². The van der Waals surface area contributed by atoms with Crippen LogP contribution in [-0.2, 0) is 4.79 Å². The van der Waals surface area contributed by atoms with E-state index in [0.717, 1.165) is 0 Å². The molecule has 0 heterocycles. The Kier molecular flexibility index (Phi) is 3.72. The number of hydrogen-bond donors (Lipinski definition) is 1. The lowest BCUT2D eigenvalue weighted by atomic mass is 9.95. The summed E-state index contributed by atoms with van der Waals surface area (Å²) < 4.78 is 0. The molecular formula is C16H25NO. The average Bonchev–Trinajstić information content (AvgIpc) is 3.02. The zero-order chi connectivity index (χ0) is 12.4. The fraction of sp³-hybridized carbons (Fsp3) is 0.812. The van der Waals surface area contributed by atoms with Gasteiger partial charge in [0, 0.05) is 12.0 Å². The molecule has 0 aromatic rings. The van der Waals surface area contributed by atoms with Crippen LogP contribution in [0.4, 0.5) is 0 Å². The first-order valence-corrected chi connectivity index (χ1v) is 7.81. The maximum atomic E-state index is 12.3. The highest BCUT2D eigenvalue weighted by Crippen LogP contribution is 2.52. The van der Waals surface area contributed by atoms with E-state index >= 15 is 0 Å². The number of nitrogens with one attached hydrogen (secondary N) is 1. The molecule has 2 atom stereocenters. The van der Waals surface area contributed by atoms with Gasteiger partial charge in [0.1, 0.15) is 0 Å². The summed E-state index contributed by atoms with van der Waals surface area (Å²) in [6.07, 6.45) is 15.8. The minimum atomic E-state index is 0.354. The lowest BCUT2D eigenvalue weighted by Gasteiger charge is -2.22. The molecular weight excluding hydrogens is 222 g/mol. The third-order valence-electron chi connectivity index (χ3n) is 5.09.